The van der Waals surface area contributed by atoms with Gasteiger partial charge in [0.05, 0.1) is 17.1 Å². The molecular formula is C16H16N2O5. The van der Waals surface area contributed by atoms with Gasteiger partial charge < -0.3 is 19.9 Å². The molecule has 0 amide bonds. The van der Waals surface area contributed by atoms with Crippen molar-refractivity contribution in [2.75, 3.05) is 18.5 Å². The molecule has 0 saturated carbocycles. The second-order valence-corrected chi connectivity index (χ2v) is 5.19. The molecule has 1 aliphatic heterocycles. The Bertz CT molecular complexity index is 728. The van der Waals surface area contributed by atoms with Crippen LogP contribution in [0.15, 0.2) is 36.4 Å². The first-order chi connectivity index (χ1) is 11.0. The third-order valence-corrected chi connectivity index (χ3v) is 3.53. The number of nitrogens with one attached hydrogen (secondary N) is 1. The minimum absolute atomic E-state index is 0.0890. The summed E-state index contributed by atoms with van der Waals surface area (Å²) in [6, 6.07) is 9.95. The summed E-state index contributed by atoms with van der Waals surface area (Å²) in [6.45, 7) is 2.46. The Morgan fingerprint density at radius 1 is 1.17 bits per heavy atom. The number of ether oxygens (including phenoxy) is 2. The summed E-state index contributed by atoms with van der Waals surface area (Å²) in [5.74, 6) is 0.850. The van der Waals surface area contributed by atoms with E-state index in [2.05, 4.69) is 5.32 Å². The SMILES string of the molecule is CC(O)c1ccc(Nc2cc3c(cc2[N+](=O)[O-])OCCO3)cc1. The van der Waals surface area contributed by atoms with E-state index in [1.807, 2.05) is 0 Å². The molecule has 120 valence electrons. The van der Waals surface area contributed by atoms with Crippen LogP contribution >= 0.6 is 0 Å². The van der Waals surface area contributed by atoms with Gasteiger partial charge in [-0.05, 0) is 24.6 Å². The molecule has 0 saturated heterocycles. The van der Waals surface area contributed by atoms with Crippen LogP contribution in [0.5, 0.6) is 11.5 Å². The van der Waals surface area contributed by atoms with E-state index in [4.69, 9.17) is 9.47 Å². The van der Waals surface area contributed by atoms with E-state index in [0.717, 1.165) is 5.56 Å². The summed E-state index contributed by atoms with van der Waals surface area (Å²) < 4.78 is 10.8. The molecule has 3 rings (SSSR count). The first kappa shape index (κ1) is 15.1. The van der Waals surface area contributed by atoms with Crippen LogP contribution in [0, 0.1) is 10.1 Å². The lowest BCUT2D eigenvalue weighted by molar-refractivity contribution is -0.384. The summed E-state index contributed by atoms with van der Waals surface area (Å²) in [5.41, 5.74) is 1.68. The predicted molar refractivity (Wildman–Crippen MR) is 84.4 cm³/mol. The van der Waals surface area contributed by atoms with Crippen molar-refractivity contribution in [1.82, 2.24) is 0 Å². The summed E-state index contributed by atoms with van der Waals surface area (Å²) >= 11 is 0. The fraction of sp³-hybridized carbons (Fsp3) is 0.250. The summed E-state index contributed by atoms with van der Waals surface area (Å²) in [4.78, 5) is 10.8. The third kappa shape index (κ3) is 3.19. The molecule has 1 aliphatic rings. The van der Waals surface area contributed by atoms with Crippen molar-refractivity contribution in [3.05, 3.63) is 52.1 Å². The van der Waals surface area contributed by atoms with Crippen LogP contribution < -0.4 is 14.8 Å². The molecule has 1 atom stereocenters. The highest BCUT2D eigenvalue weighted by molar-refractivity contribution is 5.74. The molecule has 2 aromatic rings. The molecule has 0 aromatic heterocycles. The molecule has 0 radical (unpaired) electrons. The number of nitrogens with zero attached hydrogens (tertiary/aromatic N) is 1. The monoisotopic (exact) mass is 316 g/mol. The number of aliphatic hydroxyl groups excluding tert-OH is 1. The average Bonchev–Trinajstić information content (AvgIpc) is 2.54. The fourth-order valence-corrected chi connectivity index (χ4v) is 2.33. The Kier molecular flexibility index (Phi) is 4.03. The highest BCUT2D eigenvalue weighted by Gasteiger charge is 2.22. The number of benzene rings is 2. The largest absolute Gasteiger partial charge is 0.486 e. The van der Waals surface area contributed by atoms with Crippen LogP contribution in [0.4, 0.5) is 17.1 Å². The molecule has 0 fully saturated rings. The Morgan fingerprint density at radius 3 is 2.35 bits per heavy atom. The zero-order valence-corrected chi connectivity index (χ0v) is 12.5. The zero-order valence-electron chi connectivity index (χ0n) is 12.5. The third-order valence-electron chi connectivity index (χ3n) is 3.53. The maximum absolute atomic E-state index is 11.3. The van der Waals surface area contributed by atoms with Crippen LogP contribution in [0.3, 0.4) is 0 Å². The minimum Gasteiger partial charge on any atom is -0.486 e. The van der Waals surface area contributed by atoms with E-state index >= 15 is 0 Å². The smallest absolute Gasteiger partial charge is 0.296 e. The topological polar surface area (TPSA) is 93.9 Å². The van der Waals surface area contributed by atoms with Crippen LogP contribution in [0.1, 0.15) is 18.6 Å². The van der Waals surface area contributed by atoms with Crippen LogP contribution in [-0.2, 0) is 0 Å². The van der Waals surface area contributed by atoms with Crippen molar-refractivity contribution in [2.45, 2.75) is 13.0 Å². The van der Waals surface area contributed by atoms with E-state index in [9.17, 15) is 15.2 Å². The standard InChI is InChI=1S/C16H16N2O5/c1-10(19)11-2-4-12(5-3-11)17-13-8-15-16(23-7-6-22-15)9-14(13)18(20)21/h2-5,8-10,17,19H,6-7H2,1H3. The summed E-state index contributed by atoms with van der Waals surface area (Å²) in [7, 11) is 0. The summed E-state index contributed by atoms with van der Waals surface area (Å²) in [6.07, 6.45) is -0.562. The molecule has 0 aliphatic carbocycles. The van der Waals surface area contributed by atoms with Gasteiger partial charge in [0.1, 0.15) is 18.9 Å². The van der Waals surface area contributed by atoms with Crippen LogP contribution in [0.25, 0.3) is 0 Å². The molecule has 0 spiro atoms. The maximum atomic E-state index is 11.3. The normalized spacial score (nSPS) is 14.2. The average molecular weight is 316 g/mol. The molecule has 2 N–H and O–H groups in total. The second kappa shape index (κ2) is 6.13. The maximum Gasteiger partial charge on any atom is 0.296 e. The minimum atomic E-state index is -0.562. The van der Waals surface area contributed by atoms with Crippen molar-refractivity contribution in [3.8, 4) is 11.5 Å². The van der Waals surface area contributed by atoms with Crippen LogP contribution in [-0.4, -0.2) is 23.2 Å². The fourth-order valence-electron chi connectivity index (χ4n) is 2.33. The molecule has 7 heteroatoms. The van der Waals surface area contributed by atoms with Gasteiger partial charge in [0.25, 0.3) is 5.69 Å². The van der Waals surface area contributed by atoms with Crippen LogP contribution in [0.2, 0.25) is 0 Å². The quantitative estimate of drug-likeness (QED) is 0.664. The molecule has 1 unspecified atom stereocenters. The van der Waals surface area contributed by atoms with E-state index in [1.54, 1.807) is 37.3 Å². The molecule has 7 nitrogen and oxygen atoms in total. The Hall–Kier alpha value is -2.80. The van der Waals surface area contributed by atoms with Gasteiger partial charge in [0.15, 0.2) is 11.5 Å². The number of hydrogen-bond acceptors (Lipinski definition) is 6. The van der Waals surface area contributed by atoms with Gasteiger partial charge in [0, 0.05) is 11.8 Å². The van der Waals surface area contributed by atoms with Gasteiger partial charge >= 0.3 is 0 Å². The number of nitro groups is 1. The molecule has 0 bridgehead atoms. The number of anilines is 2. The second-order valence-electron chi connectivity index (χ2n) is 5.19. The lowest BCUT2D eigenvalue weighted by Crippen LogP contribution is -2.15. The van der Waals surface area contributed by atoms with Gasteiger partial charge in [0.2, 0.25) is 0 Å². The molecular weight excluding hydrogens is 300 g/mol. The highest BCUT2D eigenvalue weighted by atomic mass is 16.6. The van der Waals surface area contributed by atoms with Crippen molar-refractivity contribution in [1.29, 1.82) is 0 Å². The Labute approximate surface area is 132 Å². The van der Waals surface area contributed by atoms with E-state index in [1.165, 1.54) is 6.07 Å². The molecule has 2 aromatic carbocycles. The van der Waals surface area contributed by atoms with Crippen molar-refractivity contribution >= 4 is 17.1 Å². The zero-order chi connectivity index (χ0) is 16.4. The van der Waals surface area contributed by atoms with Gasteiger partial charge in [-0.25, -0.2) is 0 Å². The number of aliphatic hydroxyl groups is 1. The molecule has 1 heterocycles. The van der Waals surface area contributed by atoms with E-state index < -0.39 is 11.0 Å². The Balaban J connectivity index is 1.93. The number of hydrogen-bond donors (Lipinski definition) is 2. The first-order valence-electron chi connectivity index (χ1n) is 7.17. The van der Waals surface area contributed by atoms with Crippen molar-refractivity contribution < 1.29 is 19.5 Å². The number of rotatable bonds is 4. The lowest BCUT2D eigenvalue weighted by Gasteiger charge is -2.19. The summed E-state index contributed by atoms with van der Waals surface area (Å²) in [5, 5.41) is 23.8. The Morgan fingerprint density at radius 2 is 1.78 bits per heavy atom. The van der Waals surface area contributed by atoms with E-state index in [0.29, 0.717) is 36.1 Å². The van der Waals surface area contributed by atoms with Gasteiger partial charge in [-0.2, -0.15) is 0 Å². The number of fused-ring (bicyclic) bond motifs is 1. The molecule has 23 heavy (non-hydrogen) atoms. The van der Waals surface area contributed by atoms with Crippen molar-refractivity contribution in [3.63, 3.8) is 0 Å². The predicted octanol–water partition coefficient (Wildman–Crippen LogP) is 3.16. The van der Waals surface area contributed by atoms with E-state index in [-0.39, 0.29) is 5.69 Å². The highest BCUT2D eigenvalue weighted by Crippen LogP contribution is 2.40. The first-order valence-corrected chi connectivity index (χ1v) is 7.17. The van der Waals surface area contributed by atoms with Crippen molar-refractivity contribution in [2.24, 2.45) is 0 Å². The number of nitro benzene ring substituents is 1. The van der Waals surface area contributed by atoms with Gasteiger partial charge in [-0.1, -0.05) is 12.1 Å². The lowest BCUT2D eigenvalue weighted by atomic mass is 10.1. The van der Waals surface area contributed by atoms with Gasteiger partial charge in [-0.15, -0.1) is 0 Å². The van der Waals surface area contributed by atoms with Gasteiger partial charge in [-0.3, -0.25) is 10.1 Å².